The first-order valence-electron chi connectivity index (χ1n) is 18.2. The molecular weight excluding hydrogens is 635 g/mol. The molecule has 0 heterocycles. The van der Waals surface area contributed by atoms with Crippen LogP contribution in [-0.2, 0) is 10.0 Å². The maximum Gasteiger partial charge on any atom is 0.264 e. The van der Waals surface area contributed by atoms with E-state index >= 15 is 0 Å². The molecule has 0 bridgehead atoms. The number of rotatable bonds is 21. The molecule has 0 aliphatic heterocycles. The van der Waals surface area contributed by atoms with E-state index in [4.69, 9.17) is 5.53 Å². The molecule has 5 unspecified atom stereocenters. The van der Waals surface area contributed by atoms with Gasteiger partial charge >= 0.3 is 0 Å². The zero-order chi connectivity index (χ0) is 36.6. The highest BCUT2D eigenvalue weighted by molar-refractivity contribution is 7.90. The summed E-state index contributed by atoms with van der Waals surface area (Å²) in [4.78, 5) is 2.43. The summed E-state index contributed by atoms with van der Waals surface area (Å²) in [6.07, 6.45) is 23.0. The maximum atomic E-state index is 11.9. The Hall–Kier alpha value is -4.12. The Morgan fingerprint density at radius 1 is 0.660 bits per heavy atom. The van der Waals surface area contributed by atoms with Gasteiger partial charge in [0.15, 0.2) is 0 Å². The normalized spacial score (nSPS) is 14.5. The fraction of sp³-hybridized carbons (Fsp3) is 0.409. The first-order valence-corrected chi connectivity index (χ1v) is 19.7. The molecular formula is C44H59N3O2S. The topological polar surface area (TPSA) is 82.9 Å². The lowest BCUT2D eigenvalue weighted by Crippen LogP contribution is -2.07. The molecule has 0 fully saturated rings. The Morgan fingerprint density at radius 3 is 1.54 bits per heavy atom. The van der Waals surface area contributed by atoms with Gasteiger partial charge in [-0.05, 0) is 122 Å². The molecule has 50 heavy (non-hydrogen) atoms. The second-order valence-corrected chi connectivity index (χ2v) is 14.8. The van der Waals surface area contributed by atoms with Crippen LogP contribution in [0.2, 0.25) is 0 Å². The standard InChI is InChI=1S/C26H33N3O2S.C18H26/c1-4-21(3)12-8-6-11-15-25(23-13-9-7-10-14-23)20-22(5-2)24-16-18-26(19-17-24)32(30,31)29-28-27;1-4-16(3)12-8-6-9-13-17(5-2)18-14-10-7-11-15-18/h4,6-7,9-11,13-14,16-19,21-22,25H,1,5,8,12,15,20H2,2-3H3;4,6-7,9-11,14-17H,1,5,8,12-13H2,2-3H3/b11-6+;9-6+. The molecule has 3 rings (SSSR count). The predicted octanol–water partition coefficient (Wildman–Crippen LogP) is 13.6. The Labute approximate surface area is 303 Å². The predicted molar refractivity (Wildman–Crippen MR) is 214 cm³/mol. The first kappa shape index (κ1) is 42.0. The molecule has 0 aliphatic rings. The van der Waals surface area contributed by atoms with E-state index in [-0.39, 0.29) is 4.90 Å². The van der Waals surface area contributed by atoms with Gasteiger partial charge in [-0.2, -0.15) is 0 Å². The van der Waals surface area contributed by atoms with Gasteiger partial charge in [0.1, 0.15) is 0 Å². The molecule has 0 saturated heterocycles. The zero-order valence-corrected chi connectivity index (χ0v) is 31.6. The van der Waals surface area contributed by atoms with Crippen LogP contribution in [0.3, 0.4) is 0 Å². The van der Waals surface area contributed by atoms with E-state index in [2.05, 4.69) is 129 Å². The third-order valence-corrected chi connectivity index (χ3v) is 10.6. The molecule has 5 nitrogen and oxygen atoms in total. The van der Waals surface area contributed by atoms with Crippen LogP contribution >= 0.6 is 0 Å². The first-order chi connectivity index (χ1) is 24.2. The van der Waals surface area contributed by atoms with Crippen LogP contribution in [0.25, 0.3) is 10.4 Å². The number of azide groups is 1. The summed E-state index contributed by atoms with van der Waals surface area (Å²) in [6, 6.07) is 28.1. The molecule has 0 amide bonds. The Kier molecular flexibility index (Phi) is 20.3. The molecule has 0 spiro atoms. The lowest BCUT2D eigenvalue weighted by Gasteiger charge is -2.23. The van der Waals surface area contributed by atoms with E-state index in [1.165, 1.54) is 42.5 Å². The molecule has 0 aromatic heterocycles. The summed E-state index contributed by atoms with van der Waals surface area (Å²) in [7, 11) is -3.96. The number of sulfonamides is 1. The highest BCUT2D eigenvalue weighted by atomic mass is 32.2. The van der Waals surface area contributed by atoms with Gasteiger partial charge in [-0.25, -0.2) is 8.42 Å². The third kappa shape index (κ3) is 15.6. The van der Waals surface area contributed by atoms with Crippen molar-refractivity contribution in [3.05, 3.63) is 162 Å². The third-order valence-electron chi connectivity index (χ3n) is 9.45. The number of hydrogen-bond donors (Lipinski definition) is 0. The van der Waals surface area contributed by atoms with Crippen LogP contribution in [0, 0.1) is 11.8 Å². The van der Waals surface area contributed by atoms with Crippen molar-refractivity contribution in [3.63, 3.8) is 0 Å². The highest BCUT2D eigenvalue weighted by Gasteiger charge is 2.19. The fourth-order valence-corrected chi connectivity index (χ4v) is 6.63. The minimum absolute atomic E-state index is 0.0187. The summed E-state index contributed by atoms with van der Waals surface area (Å²) in [6.45, 7) is 16.5. The van der Waals surface area contributed by atoms with Crippen LogP contribution in [0.15, 0.2) is 144 Å². The van der Waals surface area contributed by atoms with Gasteiger partial charge in [-0.3, -0.25) is 0 Å². The lowest BCUT2D eigenvalue weighted by molar-refractivity contribution is 0.521. The molecule has 268 valence electrons. The number of benzene rings is 3. The van der Waals surface area contributed by atoms with Crippen molar-refractivity contribution in [2.75, 3.05) is 0 Å². The Bertz CT molecular complexity index is 1590. The number of nitrogens with zero attached hydrogens (tertiary/aromatic N) is 3. The van der Waals surface area contributed by atoms with Crippen LogP contribution < -0.4 is 0 Å². The van der Waals surface area contributed by atoms with E-state index in [1.54, 1.807) is 0 Å². The second kappa shape index (κ2) is 24.1. The largest absolute Gasteiger partial charge is 0.264 e. The summed E-state index contributed by atoms with van der Waals surface area (Å²) in [5, 5.41) is 0. The summed E-state index contributed by atoms with van der Waals surface area (Å²) < 4.78 is 26.8. The van der Waals surface area contributed by atoms with Crippen LogP contribution in [0.1, 0.15) is 120 Å². The van der Waals surface area contributed by atoms with E-state index in [1.807, 2.05) is 30.4 Å². The van der Waals surface area contributed by atoms with Crippen molar-refractivity contribution in [1.82, 2.24) is 0 Å². The zero-order valence-electron chi connectivity index (χ0n) is 30.8. The van der Waals surface area contributed by atoms with Gasteiger partial charge in [0.05, 0.1) is 4.90 Å². The van der Waals surface area contributed by atoms with Crippen molar-refractivity contribution in [3.8, 4) is 0 Å². The average Bonchev–Trinajstić information content (AvgIpc) is 3.15. The van der Waals surface area contributed by atoms with Gasteiger partial charge in [0.25, 0.3) is 10.0 Å². The molecule has 0 radical (unpaired) electrons. The maximum absolute atomic E-state index is 11.9. The van der Waals surface area contributed by atoms with Crippen molar-refractivity contribution >= 4 is 10.0 Å². The molecule has 6 heteroatoms. The van der Waals surface area contributed by atoms with Gasteiger partial charge in [0, 0.05) is 9.43 Å². The van der Waals surface area contributed by atoms with Crippen LogP contribution in [0.5, 0.6) is 0 Å². The quantitative estimate of drug-likeness (QED) is 0.0481. The average molecular weight is 694 g/mol. The molecule has 0 aliphatic carbocycles. The molecule has 5 atom stereocenters. The Balaban J connectivity index is 0.000000407. The monoisotopic (exact) mass is 693 g/mol. The van der Waals surface area contributed by atoms with E-state index in [0.717, 1.165) is 44.1 Å². The van der Waals surface area contributed by atoms with E-state index < -0.39 is 10.0 Å². The summed E-state index contributed by atoms with van der Waals surface area (Å²) >= 11 is 0. The second-order valence-electron chi connectivity index (χ2n) is 13.2. The van der Waals surface area contributed by atoms with Crippen molar-refractivity contribution < 1.29 is 8.42 Å². The molecule has 0 saturated carbocycles. The number of hydrogen-bond acceptors (Lipinski definition) is 2. The van der Waals surface area contributed by atoms with Crippen LogP contribution in [-0.4, -0.2) is 8.42 Å². The van der Waals surface area contributed by atoms with Gasteiger partial charge < -0.3 is 0 Å². The molecule has 0 N–H and O–H groups in total. The summed E-state index contributed by atoms with van der Waals surface area (Å²) in [5.41, 5.74) is 12.3. The summed E-state index contributed by atoms with van der Waals surface area (Å²) in [5.74, 6) is 2.50. The minimum atomic E-state index is -3.96. The Morgan fingerprint density at radius 2 is 1.10 bits per heavy atom. The smallest absolute Gasteiger partial charge is 0.216 e. The van der Waals surface area contributed by atoms with Crippen molar-refractivity contribution in [2.24, 2.45) is 16.4 Å². The SMILES string of the molecule is C=CC(C)CC/C=C/CC(CC(CC)c1ccc(S(=O)(=O)N=[N+]=[N-])cc1)c1ccccc1.C=CC(C)CC/C=C/CC(CC)c1ccccc1. The van der Waals surface area contributed by atoms with Gasteiger partial charge in [-0.15, -0.1) is 13.2 Å². The molecule has 3 aromatic rings. The van der Waals surface area contributed by atoms with E-state index in [9.17, 15) is 8.42 Å². The van der Waals surface area contributed by atoms with Gasteiger partial charge in [-0.1, -0.05) is 137 Å². The lowest BCUT2D eigenvalue weighted by atomic mass is 9.82. The highest BCUT2D eigenvalue weighted by Crippen LogP contribution is 2.35. The van der Waals surface area contributed by atoms with Crippen molar-refractivity contribution in [1.29, 1.82) is 0 Å². The van der Waals surface area contributed by atoms with Gasteiger partial charge in [0.2, 0.25) is 0 Å². The van der Waals surface area contributed by atoms with E-state index in [0.29, 0.717) is 29.6 Å². The van der Waals surface area contributed by atoms with Crippen molar-refractivity contribution in [2.45, 2.75) is 108 Å². The number of allylic oxidation sites excluding steroid dienone is 6. The minimum Gasteiger partial charge on any atom is -0.216 e. The van der Waals surface area contributed by atoms with Crippen LogP contribution in [0.4, 0.5) is 0 Å². The fourth-order valence-electron chi connectivity index (χ4n) is 5.96. The molecule has 3 aromatic carbocycles.